The molecular formula is C26H35FN2O4. The largest absolute Gasteiger partial charge is 0.493 e. The Bertz CT molecular complexity index is 890. The van der Waals surface area contributed by atoms with Gasteiger partial charge in [0.2, 0.25) is 5.91 Å². The molecule has 7 heteroatoms. The fourth-order valence-electron chi connectivity index (χ4n) is 5.17. The van der Waals surface area contributed by atoms with Crippen molar-refractivity contribution in [2.24, 2.45) is 17.8 Å². The molecule has 0 N–H and O–H groups in total. The molecule has 180 valence electrons. The molecular weight excluding hydrogens is 423 g/mol. The first-order valence-electron chi connectivity index (χ1n) is 12.6. The van der Waals surface area contributed by atoms with Gasteiger partial charge in [-0.3, -0.25) is 4.79 Å². The van der Waals surface area contributed by atoms with Crippen LogP contribution >= 0.6 is 0 Å². The third-order valence-electron chi connectivity index (χ3n) is 8.00. The minimum absolute atomic E-state index is 0.00601. The van der Waals surface area contributed by atoms with Crippen LogP contribution in [0.25, 0.3) is 0 Å². The van der Waals surface area contributed by atoms with Crippen molar-refractivity contribution in [1.29, 1.82) is 0 Å². The first-order valence-corrected chi connectivity index (χ1v) is 12.6. The van der Waals surface area contributed by atoms with Crippen LogP contribution in [-0.2, 0) is 16.0 Å². The highest BCUT2D eigenvalue weighted by atomic mass is 19.1. The number of piperidine rings is 1. The summed E-state index contributed by atoms with van der Waals surface area (Å²) in [5, 5.41) is 0. The first-order chi connectivity index (χ1) is 15.9. The van der Waals surface area contributed by atoms with Crippen LogP contribution in [0, 0.1) is 23.6 Å². The minimum Gasteiger partial charge on any atom is -0.493 e. The highest BCUT2D eigenvalue weighted by Gasteiger charge is 2.45. The zero-order valence-corrected chi connectivity index (χ0v) is 19.6. The molecule has 0 unspecified atom stereocenters. The second-order valence-corrected chi connectivity index (χ2v) is 10.6. The maximum atomic E-state index is 14.4. The Morgan fingerprint density at radius 2 is 1.88 bits per heavy atom. The number of hydrogen-bond donors (Lipinski definition) is 0. The molecule has 4 aliphatic rings. The lowest BCUT2D eigenvalue weighted by atomic mass is 9.91. The topological polar surface area (TPSA) is 59.1 Å². The average molecular weight is 459 g/mol. The zero-order valence-electron chi connectivity index (χ0n) is 19.6. The molecule has 1 aromatic carbocycles. The summed E-state index contributed by atoms with van der Waals surface area (Å²) in [6.45, 7) is 5.75. The van der Waals surface area contributed by atoms with Crippen LogP contribution in [0.5, 0.6) is 5.75 Å². The molecule has 33 heavy (non-hydrogen) atoms. The number of carbonyl (C=O) groups is 2. The molecule has 2 atom stereocenters. The Balaban J connectivity index is 0.998. The third kappa shape index (κ3) is 5.44. The van der Waals surface area contributed by atoms with E-state index in [4.69, 9.17) is 9.47 Å². The molecule has 0 spiro atoms. The summed E-state index contributed by atoms with van der Waals surface area (Å²) in [5.41, 5.74) is 0.229. The van der Waals surface area contributed by atoms with Gasteiger partial charge in [-0.1, -0.05) is 6.07 Å². The maximum absolute atomic E-state index is 14.4. The van der Waals surface area contributed by atoms with Gasteiger partial charge >= 0.3 is 6.09 Å². The predicted molar refractivity (Wildman–Crippen MR) is 121 cm³/mol. The van der Waals surface area contributed by atoms with E-state index in [2.05, 4.69) is 0 Å². The molecule has 0 bridgehead atoms. The number of rotatable bonds is 8. The van der Waals surface area contributed by atoms with E-state index in [9.17, 15) is 14.0 Å². The normalized spacial score (nSPS) is 25.9. The van der Waals surface area contributed by atoms with Crippen molar-refractivity contribution in [2.75, 3.05) is 32.8 Å². The number of likely N-dealkylation sites (tertiary alicyclic amines) is 2. The lowest BCUT2D eigenvalue weighted by molar-refractivity contribution is -0.133. The van der Waals surface area contributed by atoms with E-state index < -0.39 is 0 Å². The van der Waals surface area contributed by atoms with E-state index >= 15 is 0 Å². The van der Waals surface area contributed by atoms with Crippen LogP contribution < -0.4 is 4.74 Å². The summed E-state index contributed by atoms with van der Waals surface area (Å²) in [4.78, 5) is 28.0. The Morgan fingerprint density at radius 1 is 1.12 bits per heavy atom. The van der Waals surface area contributed by atoms with Gasteiger partial charge < -0.3 is 19.3 Å². The fraction of sp³-hybridized carbons (Fsp3) is 0.692. The maximum Gasteiger partial charge on any atom is 0.410 e. The molecule has 2 aliphatic heterocycles. The Kier molecular flexibility index (Phi) is 6.23. The molecule has 4 fully saturated rings. The second kappa shape index (κ2) is 9.15. The standard InChI is InChI=1S/C26H35FN2O4/c1-26(8-9-26)33-25(31)29-12-5-18(6-13-29)22-15-19(22)7-14-32-21-4-3-20(23(27)17-21)16-24(30)28-10-2-11-28/h3-4,17-19,22H,2,5-16H2,1H3/t19-,22-/m1/s1. The van der Waals surface area contributed by atoms with Crippen molar-refractivity contribution in [2.45, 2.75) is 63.9 Å². The van der Waals surface area contributed by atoms with Crippen molar-refractivity contribution in [3.63, 3.8) is 0 Å². The van der Waals surface area contributed by atoms with Crippen molar-refractivity contribution in [3.05, 3.63) is 29.6 Å². The van der Waals surface area contributed by atoms with Crippen LogP contribution in [0.4, 0.5) is 9.18 Å². The van der Waals surface area contributed by atoms with Gasteiger partial charge in [-0.2, -0.15) is 0 Å². The monoisotopic (exact) mass is 458 g/mol. The molecule has 0 radical (unpaired) electrons. The number of amides is 2. The fourth-order valence-corrected chi connectivity index (χ4v) is 5.17. The van der Waals surface area contributed by atoms with Gasteiger partial charge in [0.15, 0.2) is 0 Å². The van der Waals surface area contributed by atoms with E-state index in [1.165, 1.54) is 12.5 Å². The third-order valence-corrected chi connectivity index (χ3v) is 8.00. The second-order valence-electron chi connectivity index (χ2n) is 10.6. The molecule has 6 nitrogen and oxygen atoms in total. The Morgan fingerprint density at radius 3 is 2.52 bits per heavy atom. The summed E-state index contributed by atoms with van der Waals surface area (Å²) in [7, 11) is 0. The van der Waals surface area contributed by atoms with Gasteiger partial charge in [0.25, 0.3) is 0 Å². The number of halogens is 1. The van der Waals surface area contributed by atoms with Crippen LogP contribution in [0.15, 0.2) is 18.2 Å². The van der Waals surface area contributed by atoms with E-state index in [0.717, 1.165) is 70.6 Å². The van der Waals surface area contributed by atoms with E-state index in [0.29, 0.717) is 29.8 Å². The lowest BCUT2D eigenvalue weighted by Gasteiger charge is -2.32. The van der Waals surface area contributed by atoms with Gasteiger partial charge in [-0.25, -0.2) is 9.18 Å². The number of carbonyl (C=O) groups excluding carboxylic acids is 2. The van der Waals surface area contributed by atoms with Gasteiger partial charge in [0.1, 0.15) is 17.2 Å². The Hall–Kier alpha value is -2.31. The molecule has 2 heterocycles. The molecule has 0 aromatic heterocycles. The van der Waals surface area contributed by atoms with E-state index in [-0.39, 0.29) is 29.8 Å². The van der Waals surface area contributed by atoms with Gasteiger partial charge in [0, 0.05) is 32.2 Å². The highest BCUT2D eigenvalue weighted by Crippen LogP contribution is 2.50. The van der Waals surface area contributed by atoms with Crippen LogP contribution in [0.2, 0.25) is 0 Å². The summed E-state index contributed by atoms with van der Waals surface area (Å²) in [5.74, 6) is 2.22. The highest BCUT2D eigenvalue weighted by molar-refractivity contribution is 5.79. The van der Waals surface area contributed by atoms with Crippen LogP contribution in [-0.4, -0.2) is 60.2 Å². The van der Waals surface area contributed by atoms with E-state index in [1.54, 1.807) is 17.0 Å². The van der Waals surface area contributed by atoms with Crippen LogP contribution in [0.3, 0.4) is 0 Å². The molecule has 2 saturated carbocycles. The number of hydrogen-bond acceptors (Lipinski definition) is 4. The van der Waals surface area contributed by atoms with Crippen molar-refractivity contribution in [1.82, 2.24) is 9.80 Å². The summed E-state index contributed by atoms with van der Waals surface area (Å²) < 4.78 is 25.8. The van der Waals surface area contributed by atoms with Crippen LogP contribution in [0.1, 0.15) is 57.4 Å². The molecule has 2 saturated heterocycles. The molecule has 2 aliphatic carbocycles. The van der Waals surface area contributed by atoms with Crippen molar-refractivity contribution >= 4 is 12.0 Å². The molecule has 2 amide bonds. The SMILES string of the molecule is CC1(OC(=O)N2CCC([C@H]3C[C@H]3CCOc3ccc(CC(=O)N4CCC4)c(F)c3)CC2)CC1. The average Bonchev–Trinajstić information content (AvgIpc) is 3.67. The number of nitrogens with zero attached hydrogens (tertiary/aromatic N) is 2. The van der Waals surface area contributed by atoms with Crippen molar-refractivity contribution < 1.29 is 23.5 Å². The first kappa shape index (κ1) is 22.5. The van der Waals surface area contributed by atoms with Gasteiger partial charge in [-0.15, -0.1) is 0 Å². The van der Waals surface area contributed by atoms with E-state index in [1.807, 2.05) is 11.8 Å². The summed E-state index contributed by atoms with van der Waals surface area (Å²) in [6, 6.07) is 4.84. The minimum atomic E-state index is -0.369. The summed E-state index contributed by atoms with van der Waals surface area (Å²) >= 11 is 0. The lowest BCUT2D eigenvalue weighted by Crippen LogP contribution is -2.42. The summed E-state index contributed by atoms with van der Waals surface area (Å²) in [6.07, 6.45) is 7.28. The van der Waals surface area contributed by atoms with Gasteiger partial charge in [-0.05, 0) is 81.3 Å². The molecule has 5 rings (SSSR count). The smallest absolute Gasteiger partial charge is 0.410 e. The van der Waals surface area contributed by atoms with Gasteiger partial charge in [0.05, 0.1) is 13.0 Å². The zero-order chi connectivity index (χ0) is 23.0. The Labute approximate surface area is 195 Å². The number of benzene rings is 1. The quantitative estimate of drug-likeness (QED) is 0.579. The predicted octanol–water partition coefficient (Wildman–Crippen LogP) is 4.41. The van der Waals surface area contributed by atoms with Crippen molar-refractivity contribution in [3.8, 4) is 5.75 Å². The number of ether oxygens (including phenoxy) is 2. The molecule has 1 aromatic rings.